The Hall–Kier alpha value is -1.23. The van der Waals surface area contributed by atoms with Crippen LogP contribution < -0.4 is 0 Å². The summed E-state index contributed by atoms with van der Waals surface area (Å²) in [6, 6.07) is 5.46. The number of rotatable bonds is 4. The molecule has 1 aromatic carbocycles. The van der Waals surface area contributed by atoms with E-state index in [0.29, 0.717) is 29.7 Å². The third-order valence-electron chi connectivity index (χ3n) is 4.03. The third kappa shape index (κ3) is 5.13. The molecule has 1 atom stereocenters. The van der Waals surface area contributed by atoms with Crippen molar-refractivity contribution in [3.8, 4) is 0 Å². The van der Waals surface area contributed by atoms with Gasteiger partial charge in [0.25, 0.3) is 0 Å². The van der Waals surface area contributed by atoms with Gasteiger partial charge in [-0.1, -0.05) is 35.3 Å². The van der Waals surface area contributed by atoms with Crippen LogP contribution in [0.3, 0.4) is 0 Å². The van der Waals surface area contributed by atoms with E-state index in [9.17, 15) is 4.79 Å². The van der Waals surface area contributed by atoms with Gasteiger partial charge in [0.05, 0.1) is 23.2 Å². The minimum atomic E-state index is -0.655. The Morgan fingerprint density at radius 3 is 2.68 bits per heavy atom. The molecule has 0 radical (unpaired) electrons. The van der Waals surface area contributed by atoms with Crippen molar-refractivity contribution < 1.29 is 14.3 Å². The molecular formula is C19H25Cl2NO3. The van der Waals surface area contributed by atoms with Crippen LogP contribution in [0.1, 0.15) is 39.2 Å². The minimum Gasteiger partial charge on any atom is -0.444 e. The Balaban J connectivity index is 2.30. The fraction of sp³-hybridized carbons (Fsp3) is 0.526. The monoisotopic (exact) mass is 385 g/mol. The summed E-state index contributed by atoms with van der Waals surface area (Å²) >= 11 is 12.2. The van der Waals surface area contributed by atoms with Crippen LogP contribution in [-0.4, -0.2) is 36.3 Å². The Morgan fingerprint density at radius 2 is 2.08 bits per heavy atom. The molecule has 1 fully saturated rings. The molecule has 0 aliphatic carbocycles. The molecule has 0 bridgehead atoms. The van der Waals surface area contributed by atoms with E-state index >= 15 is 0 Å². The van der Waals surface area contributed by atoms with Crippen molar-refractivity contribution in [2.24, 2.45) is 0 Å². The summed E-state index contributed by atoms with van der Waals surface area (Å²) in [5.41, 5.74) is -0.294. The van der Waals surface area contributed by atoms with E-state index in [-0.39, 0.29) is 6.09 Å². The molecule has 0 spiro atoms. The van der Waals surface area contributed by atoms with Crippen molar-refractivity contribution in [1.82, 2.24) is 4.90 Å². The van der Waals surface area contributed by atoms with Crippen molar-refractivity contribution in [3.63, 3.8) is 0 Å². The van der Waals surface area contributed by atoms with Gasteiger partial charge in [-0.2, -0.15) is 0 Å². The highest BCUT2D eigenvalue weighted by Gasteiger charge is 2.41. The van der Waals surface area contributed by atoms with Crippen LogP contribution in [0.15, 0.2) is 30.9 Å². The van der Waals surface area contributed by atoms with Gasteiger partial charge in [0.15, 0.2) is 0 Å². The van der Waals surface area contributed by atoms with E-state index in [1.54, 1.807) is 17.0 Å². The molecule has 1 saturated heterocycles. The van der Waals surface area contributed by atoms with E-state index in [0.717, 1.165) is 18.4 Å². The van der Waals surface area contributed by atoms with Crippen molar-refractivity contribution in [1.29, 1.82) is 0 Å². The zero-order chi connectivity index (χ0) is 18.7. The van der Waals surface area contributed by atoms with Gasteiger partial charge in [-0.05, 0) is 51.3 Å². The third-order valence-corrected chi connectivity index (χ3v) is 4.77. The molecule has 0 saturated carbocycles. The zero-order valence-corrected chi connectivity index (χ0v) is 16.5. The predicted octanol–water partition coefficient (Wildman–Crippen LogP) is 5.42. The van der Waals surface area contributed by atoms with Gasteiger partial charge in [0.2, 0.25) is 0 Å². The number of ether oxygens (including phenoxy) is 2. The molecule has 1 amide bonds. The van der Waals surface area contributed by atoms with E-state index in [2.05, 4.69) is 6.58 Å². The Kier molecular flexibility index (Phi) is 6.41. The molecule has 25 heavy (non-hydrogen) atoms. The molecule has 1 heterocycles. The quantitative estimate of drug-likeness (QED) is 0.649. The molecular weight excluding hydrogens is 361 g/mol. The lowest BCUT2D eigenvalue weighted by Crippen LogP contribution is -2.51. The van der Waals surface area contributed by atoms with Crippen molar-refractivity contribution in [2.75, 3.05) is 19.7 Å². The van der Waals surface area contributed by atoms with Crippen LogP contribution in [-0.2, 0) is 15.1 Å². The smallest absolute Gasteiger partial charge is 0.410 e. The first-order chi connectivity index (χ1) is 11.7. The molecule has 0 N–H and O–H groups in total. The van der Waals surface area contributed by atoms with Gasteiger partial charge >= 0.3 is 6.09 Å². The average Bonchev–Trinajstić information content (AvgIpc) is 2.54. The largest absolute Gasteiger partial charge is 0.444 e. The molecule has 2 rings (SSSR count). The highest BCUT2D eigenvalue weighted by Crippen LogP contribution is 2.38. The standard InChI is InChI=1S/C19H25Cl2NO3/c1-5-11-24-19(14-7-8-15(20)16(21)12-14)9-6-10-22(13-19)17(23)25-18(2,3)4/h5,7-8,12H,1,6,9-11,13H2,2-4H3. The van der Waals surface area contributed by atoms with Crippen molar-refractivity contribution in [2.45, 2.75) is 44.8 Å². The number of amides is 1. The van der Waals surface area contributed by atoms with Gasteiger partial charge in [-0.3, -0.25) is 0 Å². The normalized spacial score (nSPS) is 21.1. The summed E-state index contributed by atoms with van der Waals surface area (Å²) in [5.74, 6) is 0. The average molecular weight is 386 g/mol. The fourth-order valence-corrected chi connectivity index (χ4v) is 3.24. The summed E-state index contributed by atoms with van der Waals surface area (Å²) in [5, 5.41) is 0.958. The van der Waals surface area contributed by atoms with Crippen LogP contribution in [0.4, 0.5) is 4.79 Å². The second-order valence-corrected chi connectivity index (χ2v) is 8.04. The maximum Gasteiger partial charge on any atom is 0.410 e. The van der Waals surface area contributed by atoms with Crippen LogP contribution in [0.5, 0.6) is 0 Å². The first-order valence-corrected chi connectivity index (χ1v) is 9.11. The molecule has 138 valence electrons. The van der Waals surface area contributed by atoms with E-state index in [1.165, 1.54) is 0 Å². The maximum atomic E-state index is 12.5. The zero-order valence-electron chi connectivity index (χ0n) is 15.0. The summed E-state index contributed by atoms with van der Waals surface area (Å²) < 4.78 is 11.7. The molecule has 4 nitrogen and oxygen atoms in total. The molecule has 0 aromatic heterocycles. The van der Waals surface area contributed by atoms with Gasteiger partial charge in [-0.15, -0.1) is 6.58 Å². The summed E-state index contributed by atoms with van der Waals surface area (Å²) in [7, 11) is 0. The number of piperidine rings is 1. The lowest BCUT2D eigenvalue weighted by atomic mass is 9.85. The van der Waals surface area contributed by atoms with Crippen molar-refractivity contribution in [3.05, 3.63) is 46.5 Å². The van der Waals surface area contributed by atoms with E-state index in [4.69, 9.17) is 32.7 Å². The second-order valence-electron chi connectivity index (χ2n) is 7.23. The lowest BCUT2D eigenvalue weighted by molar-refractivity contribution is -0.0869. The number of nitrogens with zero attached hydrogens (tertiary/aromatic N) is 1. The van der Waals surface area contributed by atoms with Crippen LogP contribution in [0.25, 0.3) is 0 Å². The summed E-state index contributed by atoms with van der Waals surface area (Å²) in [4.78, 5) is 14.2. The van der Waals surface area contributed by atoms with E-state index < -0.39 is 11.2 Å². The molecule has 1 aliphatic rings. The van der Waals surface area contributed by atoms with Crippen LogP contribution >= 0.6 is 23.2 Å². The predicted molar refractivity (Wildman–Crippen MR) is 101 cm³/mol. The molecule has 1 unspecified atom stereocenters. The molecule has 1 aromatic rings. The van der Waals surface area contributed by atoms with Crippen LogP contribution in [0, 0.1) is 0 Å². The van der Waals surface area contributed by atoms with Crippen molar-refractivity contribution >= 4 is 29.3 Å². The SMILES string of the molecule is C=CCOC1(c2ccc(Cl)c(Cl)c2)CCCN(C(=O)OC(C)(C)C)C1. The van der Waals surface area contributed by atoms with Gasteiger partial charge in [0.1, 0.15) is 11.2 Å². The number of carbonyl (C=O) groups excluding carboxylic acids is 1. The maximum absolute atomic E-state index is 12.5. The van der Waals surface area contributed by atoms with E-state index in [1.807, 2.05) is 32.9 Å². The highest BCUT2D eigenvalue weighted by atomic mass is 35.5. The minimum absolute atomic E-state index is 0.334. The Morgan fingerprint density at radius 1 is 1.36 bits per heavy atom. The fourth-order valence-electron chi connectivity index (χ4n) is 2.94. The number of carbonyl (C=O) groups is 1. The first kappa shape index (κ1) is 20.1. The number of likely N-dealkylation sites (tertiary alicyclic amines) is 1. The first-order valence-electron chi connectivity index (χ1n) is 8.35. The number of halogens is 2. The summed E-state index contributed by atoms with van der Waals surface area (Å²) in [6.07, 6.45) is 2.94. The van der Waals surface area contributed by atoms with Gasteiger partial charge in [-0.25, -0.2) is 4.79 Å². The Bertz CT molecular complexity index is 642. The Labute approximate surface area is 159 Å². The van der Waals surface area contributed by atoms with Crippen LogP contribution in [0.2, 0.25) is 10.0 Å². The topological polar surface area (TPSA) is 38.8 Å². The number of hydrogen-bond acceptors (Lipinski definition) is 3. The van der Waals surface area contributed by atoms with Gasteiger partial charge < -0.3 is 14.4 Å². The highest BCUT2D eigenvalue weighted by molar-refractivity contribution is 6.42. The van der Waals surface area contributed by atoms with Gasteiger partial charge in [0, 0.05) is 6.54 Å². The number of hydrogen-bond donors (Lipinski definition) is 0. The molecule has 6 heteroatoms. The second kappa shape index (κ2) is 7.98. The molecule has 1 aliphatic heterocycles. The number of benzene rings is 1. The lowest BCUT2D eigenvalue weighted by Gasteiger charge is -2.43. The summed E-state index contributed by atoms with van der Waals surface area (Å²) in [6.45, 7) is 10.7.